The van der Waals surface area contributed by atoms with E-state index >= 15 is 0 Å². The summed E-state index contributed by atoms with van der Waals surface area (Å²) in [5.74, 6) is -0.254. The van der Waals surface area contributed by atoms with Gasteiger partial charge in [-0.15, -0.1) is 0 Å². The number of carbonyl (C=O) groups is 1. The number of nitrogens with two attached hydrogens (primary N) is 1. The van der Waals surface area contributed by atoms with Crippen molar-refractivity contribution in [2.24, 2.45) is 5.73 Å². The molecule has 94 valence electrons. The molecule has 0 aromatic heterocycles. The SMILES string of the molecule is COc1ccc(NCC(N)CC(=O)O)c(Cl)c1. The van der Waals surface area contributed by atoms with Crippen molar-refractivity contribution in [1.29, 1.82) is 0 Å². The Bertz CT molecular complexity index is 398. The highest BCUT2D eigenvalue weighted by atomic mass is 35.5. The first-order valence-corrected chi connectivity index (χ1v) is 5.45. The fourth-order valence-electron chi connectivity index (χ4n) is 1.30. The molecule has 1 aromatic rings. The summed E-state index contributed by atoms with van der Waals surface area (Å²) < 4.78 is 5.01. The summed E-state index contributed by atoms with van der Waals surface area (Å²) in [6.45, 7) is 0.346. The second-order valence-electron chi connectivity index (χ2n) is 3.58. The van der Waals surface area contributed by atoms with Gasteiger partial charge in [0.2, 0.25) is 0 Å². The van der Waals surface area contributed by atoms with Crippen molar-refractivity contribution in [3.05, 3.63) is 23.2 Å². The molecule has 1 atom stereocenters. The van der Waals surface area contributed by atoms with Gasteiger partial charge in [-0.25, -0.2) is 0 Å². The van der Waals surface area contributed by atoms with Crippen LogP contribution in [0.3, 0.4) is 0 Å². The van der Waals surface area contributed by atoms with Gasteiger partial charge in [0.05, 0.1) is 24.2 Å². The maximum absolute atomic E-state index is 10.4. The number of carboxylic acids is 1. The van der Waals surface area contributed by atoms with E-state index in [4.69, 9.17) is 27.2 Å². The molecule has 0 aliphatic heterocycles. The Morgan fingerprint density at radius 1 is 1.65 bits per heavy atom. The summed E-state index contributed by atoms with van der Waals surface area (Å²) in [6.07, 6.45) is -0.0826. The number of hydrogen-bond acceptors (Lipinski definition) is 4. The number of benzene rings is 1. The van der Waals surface area contributed by atoms with Crippen LogP contribution in [-0.2, 0) is 4.79 Å². The Balaban J connectivity index is 2.54. The Labute approximate surface area is 105 Å². The average molecular weight is 259 g/mol. The topological polar surface area (TPSA) is 84.6 Å². The van der Waals surface area contributed by atoms with Crippen LogP contribution >= 0.6 is 11.6 Å². The molecular weight excluding hydrogens is 244 g/mol. The lowest BCUT2D eigenvalue weighted by molar-refractivity contribution is -0.137. The van der Waals surface area contributed by atoms with Crippen LogP contribution < -0.4 is 15.8 Å². The van der Waals surface area contributed by atoms with E-state index in [1.165, 1.54) is 0 Å². The minimum atomic E-state index is -0.917. The predicted molar refractivity (Wildman–Crippen MR) is 66.7 cm³/mol. The molecule has 0 amide bonds. The minimum absolute atomic E-state index is 0.0826. The molecule has 0 saturated carbocycles. The fraction of sp³-hybridized carbons (Fsp3) is 0.364. The smallest absolute Gasteiger partial charge is 0.304 e. The van der Waals surface area contributed by atoms with E-state index in [2.05, 4.69) is 5.32 Å². The number of aliphatic carboxylic acids is 1. The van der Waals surface area contributed by atoms with E-state index < -0.39 is 12.0 Å². The van der Waals surface area contributed by atoms with Crippen LogP contribution in [0, 0.1) is 0 Å². The van der Waals surface area contributed by atoms with Crippen molar-refractivity contribution in [3.63, 3.8) is 0 Å². The van der Waals surface area contributed by atoms with Crippen molar-refractivity contribution in [2.45, 2.75) is 12.5 Å². The van der Waals surface area contributed by atoms with Gasteiger partial charge in [-0.3, -0.25) is 4.79 Å². The van der Waals surface area contributed by atoms with Gasteiger partial charge in [0.25, 0.3) is 0 Å². The molecule has 17 heavy (non-hydrogen) atoms. The Kier molecular flexibility index (Phi) is 5.06. The zero-order valence-electron chi connectivity index (χ0n) is 9.44. The van der Waals surface area contributed by atoms with E-state index in [0.29, 0.717) is 23.0 Å². The molecule has 6 heteroatoms. The molecule has 0 heterocycles. The molecule has 0 fully saturated rings. The number of carboxylic acid groups (broad SMARTS) is 1. The third-order valence-electron chi connectivity index (χ3n) is 2.17. The van der Waals surface area contributed by atoms with Gasteiger partial charge in [0, 0.05) is 18.7 Å². The van der Waals surface area contributed by atoms with Crippen LogP contribution in [-0.4, -0.2) is 30.8 Å². The molecular formula is C11H15ClN2O3. The third kappa shape index (κ3) is 4.50. The summed E-state index contributed by atoms with van der Waals surface area (Å²) in [5, 5.41) is 12.1. The number of halogens is 1. The van der Waals surface area contributed by atoms with Gasteiger partial charge in [-0.1, -0.05) is 11.6 Å². The summed E-state index contributed by atoms with van der Waals surface area (Å²) in [5.41, 5.74) is 6.32. The van der Waals surface area contributed by atoms with Gasteiger partial charge in [-0.2, -0.15) is 0 Å². The monoisotopic (exact) mass is 258 g/mol. The van der Waals surface area contributed by atoms with Crippen LogP contribution in [0.4, 0.5) is 5.69 Å². The van der Waals surface area contributed by atoms with Crippen molar-refractivity contribution < 1.29 is 14.6 Å². The third-order valence-corrected chi connectivity index (χ3v) is 2.48. The molecule has 1 rings (SSSR count). The van der Waals surface area contributed by atoms with Crippen LogP contribution in [0.25, 0.3) is 0 Å². The van der Waals surface area contributed by atoms with E-state index in [0.717, 1.165) is 0 Å². The van der Waals surface area contributed by atoms with E-state index in [-0.39, 0.29) is 6.42 Å². The van der Waals surface area contributed by atoms with Crippen molar-refractivity contribution in [3.8, 4) is 5.75 Å². The van der Waals surface area contributed by atoms with Gasteiger partial charge >= 0.3 is 5.97 Å². The molecule has 0 bridgehead atoms. The van der Waals surface area contributed by atoms with Crippen molar-refractivity contribution in [2.75, 3.05) is 19.0 Å². The predicted octanol–water partition coefficient (Wildman–Crippen LogP) is 1.56. The second kappa shape index (κ2) is 6.32. The fourth-order valence-corrected chi connectivity index (χ4v) is 1.54. The van der Waals surface area contributed by atoms with Gasteiger partial charge in [0.15, 0.2) is 0 Å². The first-order valence-electron chi connectivity index (χ1n) is 5.07. The number of rotatable bonds is 6. The van der Waals surface area contributed by atoms with Crippen LogP contribution in [0.1, 0.15) is 6.42 Å². The molecule has 0 spiro atoms. The highest BCUT2D eigenvalue weighted by Crippen LogP contribution is 2.26. The lowest BCUT2D eigenvalue weighted by atomic mass is 10.2. The summed E-state index contributed by atoms with van der Waals surface area (Å²) >= 11 is 6.00. The van der Waals surface area contributed by atoms with Crippen LogP contribution in [0.5, 0.6) is 5.75 Å². The summed E-state index contributed by atoms with van der Waals surface area (Å²) in [7, 11) is 1.56. The van der Waals surface area contributed by atoms with Crippen LogP contribution in [0.15, 0.2) is 18.2 Å². The minimum Gasteiger partial charge on any atom is -0.497 e. The molecule has 1 unspecified atom stereocenters. The van der Waals surface area contributed by atoms with E-state index in [9.17, 15) is 4.79 Å². The quantitative estimate of drug-likeness (QED) is 0.721. The maximum atomic E-state index is 10.4. The van der Waals surface area contributed by atoms with E-state index in [1.54, 1.807) is 25.3 Å². The number of methoxy groups -OCH3 is 1. The molecule has 0 aliphatic carbocycles. The Hall–Kier alpha value is -1.46. The van der Waals surface area contributed by atoms with E-state index in [1.807, 2.05) is 0 Å². The maximum Gasteiger partial charge on any atom is 0.304 e. The molecule has 0 radical (unpaired) electrons. The molecule has 1 aromatic carbocycles. The van der Waals surface area contributed by atoms with Gasteiger partial charge in [0.1, 0.15) is 5.75 Å². The normalized spacial score (nSPS) is 11.9. The second-order valence-corrected chi connectivity index (χ2v) is 3.99. The Morgan fingerprint density at radius 3 is 2.88 bits per heavy atom. The van der Waals surface area contributed by atoms with Gasteiger partial charge < -0.3 is 20.9 Å². The zero-order chi connectivity index (χ0) is 12.8. The van der Waals surface area contributed by atoms with Gasteiger partial charge in [-0.05, 0) is 12.1 Å². The number of hydrogen-bond donors (Lipinski definition) is 3. The Morgan fingerprint density at radius 2 is 2.35 bits per heavy atom. The summed E-state index contributed by atoms with van der Waals surface area (Å²) in [6, 6.07) is 4.74. The molecule has 0 aliphatic rings. The molecule has 0 saturated heterocycles. The van der Waals surface area contributed by atoms with Crippen molar-refractivity contribution >= 4 is 23.3 Å². The molecule has 5 nitrogen and oxygen atoms in total. The zero-order valence-corrected chi connectivity index (χ0v) is 10.2. The highest BCUT2D eigenvalue weighted by molar-refractivity contribution is 6.33. The lowest BCUT2D eigenvalue weighted by Crippen LogP contribution is -2.31. The lowest BCUT2D eigenvalue weighted by Gasteiger charge is -2.13. The number of nitrogens with one attached hydrogen (secondary N) is 1. The number of anilines is 1. The first-order chi connectivity index (χ1) is 8.02. The molecule has 4 N–H and O–H groups in total. The van der Waals surface area contributed by atoms with Crippen molar-refractivity contribution in [1.82, 2.24) is 0 Å². The largest absolute Gasteiger partial charge is 0.497 e. The standard InChI is InChI=1S/C11H15ClN2O3/c1-17-8-2-3-10(9(12)5-8)14-6-7(13)4-11(15)16/h2-3,5,7,14H,4,6,13H2,1H3,(H,15,16). The summed E-state index contributed by atoms with van der Waals surface area (Å²) in [4.78, 5) is 10.4. The highest BCUT2D eigenvalue weighted by Gasteiger charge is 2.09. The first kappa shape index (κ1) is 13.6. The number of ether oxygens (including phenoxy) is 1. The van der Waals surface area contributed by atoms with Crippen LogP contribution in [0.2, 0.25) is 5.02 Å². The average Bonchev–Trinajstić information content (AvgIpc) is 2.26.